The van der Waals surface area contributed by atoms with Gasteiger partial charge in [0, 0.05) is 0 Å². The molecule has 2 heteroatoms. The number of carbonyl (C=O) groups excluding carboxylic acids is 1. The molecule has 0 aromatic heterocycles. The lowest BCUT2D eigenvalue weighted by Crippen LogP contribution is -2.48. The molecule has 0 amide bonds. The van der Waals surface area contributed by atoms with Crippen LogP contribution in [-0.2, 0) is 9.53 Å². The van der Waals surface area contributed by atoms with Crippen molar-refractivity contribution in [2.24, 2.45) is 11.3 Å². The second-order valence-corrected chi connectivity index (χ2v) is 4.36. The summed E-state index contributed by atoms with van der Waals surface area (Å²) in [5.41, 5.74) is -0.0335. The highest BCUT2D eigenvalue weighted by molar-refractivity contribution is 5.78. The molecular formula is C11H18O2. The van der Waals surface area contributed by atoms with Crippen LogP contribution in [0.5, 0.6) is 0 Å². The summed E-state index contributed by atoms with van der Waals surface area (Å²) >= 11 is 0. The van der Waals surface area contributed by atoms with Crippen LogP contribution in [0.15, 0.2) is 0 Å². The molecule has 0 atom stereocenters. The first-order valence-corrected chi connectivity index (χ1v) is 5.47. The van der Waals surface area contributed by atoms with Crippen LogP contribution < -0.4 is 0 Å². The Morgan fingerprint density at radius 2 is 2.08 bits per heavy atom. The lowest BCUT2D eigenvalue weighted by Gasteiger charge is -2.49. The predicted molar refractivity (Wildman–Crippen MR) is 50.3 cm³/mol. The number of hydrogen-bond donors (Lipinski definition) is 0. The molecule has 2 saturated carbocycles. The zero-order valence-electron chi connectivity index (χ0n) is 8.34. The maximum atomic E-state index is 11.8. The number of hydrogen-bond acceptors (Lipinski definition) is 2. The summed E-state index contributed by atoms with van der Waals surface area (Å²) < 4.78 is 5.17. The molecule has 0 N–H and O–H groups in total. The number of carbonyl (C=O) groups is 1. The lowest BCUT2D eigenvalue weighted by molar-refractivity contribution is -0.170. The highest BCUT2D eigenvalue weighted by Crippen LogP contribution is 2.54. The molecule has 0 bridgehead atoms. The van der Waals surface area contributed by atoms with Gasteiger partial charge in [-0.15, -0.1) is 0 Å². The van der Waals surface area contributed by atoms with Crippen molar-refractivity contribution in [1.29, 1.82) is 0 Å². The largest absolute Gasteiger partial charge is 0.466 e. The topological polar surface area (TPSA) is 26.3 Å². The maximum Gasteiger partial charge on any atom is 0.312 e. The Bertz CT molecular complexity index is 202. The quantitative estimate of drug-likeness (QED) is 0.627. The summed E-state index contributed by atoms with van der Waals surface area (Å²) in [7, 11) is 0. The van der Waals surface area contributed by atoms with Gasteiger partial charge in [-0.3, -0.25) is 4.79 Å². The standard InChI is InChI=1S/C11H18O2/c1-2-13-10(12)11(7-4-8-11)9-5-3-6-9/h9H,2-8H2,1H3. The van der Waals surface area contributed by atoms with Gasteiger partial charge in [0.2, 0.25) is 0 Å². The van der Waals surface area contributed by atoms with Crippen LogP contribution in [0.3, 0.4) is 0 Å². The van der Waals surface area contributed by atoms with Crippen molar-refractivity contribution in [3.05, 3.63) is 0 Å². The molecule has 0 aromatic carbocycles. The minimum Gasteiger partial charge on any atom is -0.466 e. The van der Waals surface area contributed by atoms with E-state index in [0.717, 1.165) is 12.8 Å². The molecule has 2 fully saturated rings. The fourth-order valence-corrected chi connectivity index (χ4v) is 2.57. The zero-order valence-corrected chi connectivity index (χ0v) is 8.34. The van der Waals surface area contributed by atoms with Gasteiger partial charge < -0.3 is 4.74 Å². The summed E-state index contributed by atoms with van der Waals surface area (Å²) in [4.78, 5) is 11.8. The first-order chi connectivity index (χ1) is 6.29. The van der Waals surface area contributed by atoms with Crippen LogP contribution in [0.1, 0.15) is 45.4 Å². The van der Waals surface area contributed by atoms with E-state index in [-0.39, 0.29) is 11.4 Å². The average Bonchev–Trinajstić information content (AvgIpc) is 1.92. The third-order valence-corrected chi connectivity index (χ3v) is 3.81. The fraction of sp³-hybridized carbons (Fsp3) is 0.909. The SMILES string of the molecule is CCOC(=O)C1(C2CCC2)CCC1. The van der Waals surface area contributed by atoms with Gasteiger partial charge >= 0.3 is 5.97 Å². The highest BCUT2D eigenvalue weighted by Gasteiger charge is 2.52. The summed E-state index contributed by atoms with van der Waals surface area (Å²) in [6, 6.07) is 0. The monoisotopic (exact) mass is 182 g/mol. The smallest absolute Gasteiger partial charge is 0.312 e. The highest BCUT2D eigenvalue weighted by atomic mass is 16.5. The normalized spacial score (nSPS) is 25.9. The van der Waals surface area contributed by atoms with Gasteiger partial charge in [-0.2, -0.15) is 0 Å². The second-order valence-electron chi connectivity index (χ2n) is 4.36. The molecule has 0 unspecified atom stereocenters. The van der Waals surface area contributed by atoms with E-state index in [0.29, 0.717) is 12.5 Å². The minimum atomic E-state index is -0.0335. The van der Waals surface area contributed by atoms with Crippen molar-refractivity contribution >= 4 is 5.97 Å². The van der Waals surface area contributed by atoms with E-state index in [1.807, 2.05) is 6.92 Å². The zero-order chi connectivity index (χ0) is 9.31. The van der Waals surface area contributed by atoms with E-state index in [4.69, 9.17) is 4.74 Å². The van der Waals surface area contributed by atoms with E-state index >= 15 is 0 Å². The molecule has 74 valence electrons. The van der Waals surface area contributed by atoms with Crippen molar-refractivity contribution in [2.75, 3.05) is 6.61 Å². The first kappa shape index (κ1) is 9.04. The van der Waals surface area contributed by atoms with E-state index in [1.165, 1.54) is 25.7 Å². The molecule has 0 aliphatic heterocycles. The van der Waals surface area contributed by atoms with E-state index in [1.54, 1.807) is 0 Å². The minimum absolute atomic E-state index is 0.0335. The summed E-state index contributed by atoms with van der Waals surface area (Å²) in [5, 5.41) is 0. The molecular weight excluding hydrogens is 164 g/mol. The van der Waals surface area contributed by atoms with Crippen molar-refractivity contribution in [3.63, 3.8) is 0 Å². The van der Waals surface area contributed by atoms with Gasteiger partial charge in [-0.05, 0) is 38.5 Å². The van der Waals surface area contributed by atoms with Gasteiger partial charge in [0.15, 0.2) is 0 Å². The molecule has 13 heavy (non-hydrogen) atoms. The van der Waals surface area contributed by atoms with Gasteiger partial charge in [0.05, 0.1) is 12.0 Å². The molecule has 0 spiro atoms. The van der Waals surface area contributed by atoms with Crippen LogP contribution >= 0.6 is 0 Å². The van der Waals surface area contributed by atoms with Crippen LogP contribution in [0.4, 0.5) is 0 Å². The lowest BCUT2D eigenvalue weighted by atomic mass is 9.55. The Kier molecular flexibility index (Phi) is 2.31. The molecule has 2 nitrogen and oxygen atoms in total. The Hall–Kier alpha value is -0.530. The fourth-order valence-electron chi connectivity index (χ4n) is 2.57. The predicted octanol–water partition coefficient (Wildman–Crippen LogP) is 2.52. The molecule has 0 saturated heterocycles. The number of ether oxygens (including phenoxy) is 1. The molecule has 0 heterocycles. The summed E-state index contributed by atoms with van der Waals surface area (Å²) in [6.07, 6.45) is 7.19. The van der Waals surface area contributed by atoms with Crippen molar-refractivity contribution < 1.29 is 9.53 Å². The van der Waals surface area contributed by atoms with Crippen molar-refractivity contribution in [3.8, 4) is 0 Å². The van der Waals surface area contributed by atoms with Crippen molar-refractivity contribution in [1.82, 2.24) is 0 Å². The van der Waals surface area contributed by atoms with Gasteiger partial charge in [0.25, 0.3) is 0 Å². The molecule has 0 aromatic rings. The van der Waals surface area contributed by atoms with Gasteiger partial charge in [-0.25, -0.2) is 0 Å². The molecule has 0 radical (unpaired) electrons. The first-order valence-electron chi connectivity index (χ1n) is 5.47. The van der Waals surface area contributed by atoms with Crippen LogP contribution in [-0.4, -0.2) is 12.6 Å². The number of esters is 1. The van der Waals surface area contributed by atoms with E-state index in [9.17, 15) is 4.79 Å². The summed E-state index contributed by atoms with van der Waals surface area (Å²) in [5.74, 6) is 0.742. The Morgan fingerprint density at radius 3 is 2.38 bits per heavy atom. The van der Waals surface area contributed by atoms with E-state index < -0.39 is 0 Å². The average molecular weight is 182 g/mol. The Morgan fingerprint density at radius 1 is 1.38 bits per heavy atom. The van der Waals surface area contributed by atoms with Gasteiger partial charge in [0.1, 0.15) is 0 Å². The van der Waals surface area contributed by atoms with E-state index in [2.05, 4.69) is 0 Å². The third-order valence-electron chi connectivity index (χ3n) is 3.81. The van der Waals surface area contributed by atoms with Crippen LogP contribution in [0.2, 0.25) is 0 Å². The molecule has 2 rings (SSSR count). The summed E-state index contributed by atoms with van der Waals surface area (Å²) in [6.45, 7) is 2.43. The molecule has 2 aliphatic carbocycles. The third kappa shape index (κ3) is 1.27. The van der Waals surface area contributed by atoms with Gasteiger partial charge in [-0.1, -0.05) is 12.8 Å². The number of rotatable bonds is 3. The van der Waals surface area contributed by atoms with Crippen LogP contribution in [0, 0.1) is 11.3 Å². The van der Waals surface area contributed by atoms with Crippen LogP contribution in [0.25, 0.3) is 0 Å². The maximum absolute atomic E-state index is 11.8. The Balaban J connectivity index is 2.01. The molecule has 2 aliphatic rings. The van der Waals surface area contributed by atoms with Crippen molar-refractivity contribution in [2.45, 2.75) is 45.4 Å². The Labute approximate surface area is 79.7 Å². The second kappa shape index (κ2) is 3.32.